The van der Waals surface area contributed by atoms with Crippen molar-refractivity contribution in [2.45, 2.75) is 51.4 Å². The molecule has 0 aliphatic heterocycles. The van der Waals surface area contributed by atoms with Crippen LogP contribution in [-0.4, -0.2) is 29.8 Å². The second kappa shape index (κ2) is 10.2. The molecule has 1 aliphatic carbocycles. The molecule has 2 unspecified atom stereocenters. The van der Waals surface area contributed by atoms with Crippen molar-refractivity contribution in [3.05, 3.63) is 29.6 Å². The number of aliphatic imine (C=N–C) groups is 1. The van der Waals surface area contributed by atoms with E-state index < -0.39 is 23.7 Å². The fraction of sp³-hybridized carbons (Fsp3) is 0.588. The third-order valence-electron chi connectivity index (χ3n) is 4.25. The van der Waals surface area contributed by atoms with Gasteiger partial charge in [-0.2, -0.15) is 13.2 Å². The van der Waals surface area contributed by atoms with Gasteiger partial charge in [0, 0.05) is 12.6 Å². The summed E-state index contributed by atoms with van der Waals surface area (Å²) in [5, 5.41) is 15.2. The number of alkyl halides is 3. The number of halogens is 5. The van der Waals surface area contributed by atoms with Gasteiger partial charge in [-0.05, 0) is 43.9 Å². The molecule has 1 saturated carbocycles. The summed E-state index contributed by atoms with van der Waals surface area (Å²) in [7, 11) is 0. The summed E-state index contributed by atoms with van der Waals surface area (Å²) in [4.78, 5) is 4.30. The molecule has 0 saturated heterocycles. The van der Waals surface area contributed by atoms with Crippen molar-refractivity contribution < 1.29 is 22.7 Å². The van der Waals surface area contributed by atoms with E-state index in [1.54, 1.807) is 6.07 Å². The molecule has 0 aromatic heterocycles. The Morgan fingerprint density at radius 3 is 2.65 bits per heavy atom. The van der Waals surface area contributed by atoms with Crippen molar-refractivity contribution in [2.75, 3.05) is 6.54 Å². The number of hydrogen-bond acceptors (Lipinski definition) is 2. The minimum absolute atomic E-state index is 0. The van der Waals surface area contributed by atoms with Crippen LogP contribution in [0.25, 0.3) is 0 Å². The minimum Gasteiger partial charge on any atom is -0.505 e. The standard InChI is InChI=1S/C17H23F4N3O.HI/c1-2-22-16(23-10-11-6-7-15(25)14(18)8-11)24-13-5-3-4-12(9-13)17(19,20)21;/h6-8,12-13,25H,2-5,9-10H2,1H3,(H2,22,23,24);1H. The van der Waals surface area contributed by atoms with Crippen LogP contribution in [0.15, 0.2) is 23.2 Å². The van der Waals surface area contributed by atoms with E-state index in [2.05, 4.69) is 15.6 Å². The van der Waals surface area contributed by atoms with Gasteiger partial charge in [0.15, 0.2) is 17.5 Å². The van der Waals surface area contributed by atoms with Crippen molar-refractivity contribution >= 4 is 29.9 Å². The molecule has 2 atom stereocenters. The molecule has 1 aromatic carbocycles. The number of nitrogens with one attached hydrogen (secondary N) is 2. The average molecular weight is 489 g/mol. The lowest BCUT2D eigenvalue weighted by atomic mass is 9.85. The molecule has 26 heavy (non-hydrogen) atoms. The lowest BCUT2D eigenvalue weighted by molar-refractivity contribution is -0.183. The van der Waals surface area contributed by atoms with E-state index in [4.69, 9.17) is 0 Å². The Hall–Kier alpha value is -1.26. The SMILES string of the molecule is CCNC(=NCc1ccc(O)c(F)c1)NC1CCCC(C(F)(F)F)C1.I. The highest BCUT2D eigenvalue weighted by Gasteiger charge is 2.42. The zero-order chi connectivity index (χ0) is 18.4. The number of phenols is 1. The fourth-order valence-electron chi connectivity index (χ4n) is 2.95. The Bertz CT molecular complexity index is 610. The van der Waals surface area contributed by atoms with Crippen LogP contribution in [0.4, 0.5) is 17.6 Å². The first-order valence-corrected chi connectivity index (χ1v) is 8.38. The Kier molecular flexibility index (Phi) is 8.91. The van der Waals surface area contributed by atoms with E-state index in [-0.39, 0.29) is 49.4 Å². The van der Waals surface area contributed by atoms with Crippen LogP contribution >= 0.6 is 24.0 Å². The van der Waals surface area contributed by atoms with Crippen molar-refractivity contribution in [3.8, 4) is 5.75 Å². The van der Waals surface area contributed by atoms with Gasteiger partial charge in [0.2, 0.25) is 0 Å². The van der Waals surface area contributed by atoms with Gasteiger partial charge >= 0.3 is 6.18 Å². The summed E-state index contributed by atoms with van der Waals surface area (Å²) in [6, 6.07) is 3.68. The molecule has 148 valence electrons. The van der Waals surface area contributed by atoms with Crippen molar-refractivity contribution in [1.82, 2.24) is 10.6 Å². The topological polar surface area (TPSA) is 56.7 Å². The Balaban J connectivity index is 0.00000338. The zero-order valence-electron chi connectivity index (χ0n) is 14.4. The lowest BCUT2D eigenvalue weighted by Crippen LogP contribution is -2.46. The predicted octanol–water partition coefficient (Wildman–Crippen LogP) is 4.33. The largest absolute Gasteiger partial charge is 0.505 e. The molecule has 2 rings (SSSR count). The number of rotatable bonds is 4. The maximum Gasteiger partial charge on any atom is 0.391 e. The number of guanidine groups is 1. The summed E-state index contributed by atoms with van der Waals surface area (Å²) in [5.41, 5.74) is 0.560. The highest BCUT2D eigenvalue weighted by atomic mass is 127. The van der Waals surface area contributed by atoms with Crippen molar-refractivity contribution in [1.29, 1.82) is 0 Å². The molecule has 0 heterocycles. The minimum atomic E-state index is -4.17. The smallest absolute Gasteiger partial charge is 0.391 e. The summed E-state index contributed by atoms with van der Waals surface area (Å²) in [6.45, 7) is 2.57. The van der Waals surface area contributed by atoms with Crippen molar-refractivity contribution in [3.63, 3.8) is 0 Å². The second-order valence-electron chi connectivity index (χ2n) is 6.23. The maximum atomic E-state index is 13.3. The summed E-state index contributed by atoms with van der Waals surface area (Å²) >= 11 is 0. The monoisotopic (exact) mass is 489 g/mol. The zero-order valence-corrected chi connectivity index (χ0v) is 16.8. The summed E-state index contributed by atoms with van der Waals surface area (Å²) < 4.78 is 52.1. The Morgan fingerprint density at radius 1 is 1.31 bits per heavy atom. The van der Waals surface area contributed by atoms with Crippen LogP contribution < -0.4 is 10.6 Å². The van der Waals surface area contributed by atoms with Gasteiger partial charge in [-0.1, -0.05) is 12.5 Å². The first kappa shape index (κ1) is 22.8. The molecule has 3 N–H and O–H groups in total. The van der Waals surface area contributed by atoms with Crippen LogP contribution in [0.2, 0.25) is 0 Å². The van der Waals surface area contributed by atoms with Gasteiger partial charge in [0.25, 0.3) is 0 Å². The second-order valence-corrected chi connectivity index (χ2v) is 6.23. The van der Waals surface area contributed by atoms with Gasteiger partial charge in [-0.15, -0.1) is 24.0 Å². The predicted molar refractivity (Wildman–Crippen MR) is 103 cm³/mol. The average Bonchev–Trinajstić information content (AvgIpc) is 2.55. The van der Waals surface area contributed by atoms with Gasteiger partial charge < -0.3 is 15.7 Å². The number of nitrogens with zero attached hydrogens (tertiary/aromatic N) is 1. The van der Waals surface area contributed by atoms with E-state index in [0.717, 1.165) is 0 Å². The van der Waals surface area contributed by atoms with Crippen LogP contribution in [0.1, 0.15) is 38.2 Å². The van der Waals surface area contributed by atoms with E-state index in [1.807, 2.05) is 6.92 Å². The number of hydrogen-bond donors (Lipinski definition) is 3. The maximum absolute atomic E-state index is 13.3. The fourth-order valence-corrected chi connectivity index (χ4v) is 2.95. The summed E-state index contributed by atoms with van der Waals surface area (Å²) in [5.74, 6) is -2.04. The summed E-state index contributed by atoms with van der Waals surface area (Å²) in [6.07, 6.45) is -2.79. The van der Waals surface area contributed by atoms with Crippen LogP contribution in [0, 0.1) is 11.7 Å². The molecule has 0 radical (unpaired) electrons. The molecule has 0 bridgehead atoms. The number of aromatic hydroxyl groups is 1. The molecule has 0 amide bonds. The molecular weight excluding hydrogens is 465 g/mol. The van der Waals surface area contributed by atoms with Gasteiger partial charge in [0.05, 0.1) is 12.5 Å². The van der Waals surface area contributed by atoms with Gasteiger partial charge in [-0.25, -0.2) is 9.38 Å². The molecule has 1 aliphatic rings. The molecular formula is C17H24F4IN3O. The Labute approximate surface area is 167 Å². The Morgan fingerprint density at radius 2 is 2.04 bits per heavy atom. The highest BCUT2D eigenvalue weighted by Crippen LogP contribution is 2.37. The van der Waals surface area contributed by atoms with E-state index >= 15 is 0 Å². The van der Waals surface area contributed by atoms with Crippen molar-refractivity contribution in [2.24, 2.45) is 10.9 Å². The van der Waals surface area contributed by atoms with E-state index in [1.165, 1.54) is 12.1 Å². The quantitative estimate of drug-likeness (QED) is 0.256. The van der Waals surface area contributed by atoms with E-state index in [9.17, 15) is 22.7 Å². The third-order valence-corrected chi connectivity index (χ3v) is 4.25. The van der Waals surface area contributed by atoms with E-state index in [0.29, 0.717) is 30.9 Å². The molecule has 9 heteroatoms. The number of phenolic OH excluding ortho intramolecular Hbond substituents is 1. The van der Waals surface area contributed by atoms with Gasteiger partial charge in [0.1, 0.15) is 0 Å². The first-order valence-electron chi connectivity index (χ1n) is 8.38. The van der Waals surface area contributed by atoms with Gasteiger partial charge in [-0.3, -0.25) is 0 Å². The first-order chi connectivity index (χ1) is 11.8. The molecule has 1 aromatic rings. The van der Waals surface area contributed by atoms with Crippen LogP contribution in [0.5, 0.6) is 5.75 Å². The third kappa shape index (κ3) is 6.81. The molecule has 0 spiro atoms. The molecule has 4 nitrogen and oxygen atoms in total. The normalized spacial score (nSPS) is 21.0. The number of benzene rings is 1. The highest BCUT2D eigenvalue weighted by molar-refractivity contribution is 14.0. The molecule has 1 fully saturated rings. The van der Waals surface area contributed by atoms with Crippen LogP contribution in [-0.2, 0) is 6.54 Å². The lowest BCUT2D eigenvalue weighted by Gasteiger charge is -2.31. The van der Waals surface area contributed by atoms with Crippen LogP contribution in [0.3, 0.4) is 0 Å².